The number of rotatable bonds is 2. The van der Waals surface area contributed by atoms with E-state index in [2.05, 4.69) is 43.6 Å². The molecule has 0 aromatic rings. The van der Waals surface area contributed by atoms with Crippen LogP contribution in [0.1, 0.15) is 47.0 Å². The average Bonchev–Trinajstić information content (AvgIpc) is 1.97. The third kappa shape index (κ3) is 3.08. The molecule has 0 aromatic carbocycles. The Morgan fingerprint density at radius 1 is 1.21 bits per heavy atom. The van der Waals surface area contributed by atoms with Crippen molar-refractivity contribution in [3.8, 4) is 0 Å². The summed E-state index contributed by atoms with van der Waals surface area (Å²) >= 11 is 3.28. The van der Waals surface area contributed by atoms with E-state index < -0.39 is 0 Å². The highest BCUT2D eigenvalue weighted by Gasteiger charge is 2.40. The van der Waals surface area contributed by atoms with Gasteiger partial charge in [0.1, 0.15) is 5.78 Å². The van der Waals surface area contributed by atoms with Crippen molar-refractivity contribution in [2.45, 2.75) is 47.0 Å². The molecule has 1 saturated carbocycles. The molecule has 1 rings (SSSR count). The maximum Gasteiger partial charge on any atom is 0.146 e. The van der Waals surface area contributed by atoms with Gasteiger partial charge in [0, 0.05) is 5.92 Å². The summed E-state index contributed by atoms with van der Waals surface area (Å²) in [5.41, 5.74) is 0.647. The molecule has 0 atom stereocenters. The lowest BCUT2D eigenvalue weighted by molar-refractivity contribution is -0.124. The van der Waals surface area contributed by atoms with Gasteiger partial charge < -0.3 is 0 Å². The van der Waals surface area contributed by atoms with Crippen LogP contribution < -0.4 is 0 Å². The first-order chi connectivity index (χ1) is 6.26. The molecule has 0 radical (unpaired) electrons. The van der Waals surface area contributed by atoms with Crippen molar-refractivity contribution in [1.29, 1.82) is 0 Å². The van der Waals surface area contributed by atoms with Crippen molar-refractivity contribution in [3.63, 3.8) is 0 Å². The van der Waals surface area contributed by atoms with Crippen LogP contribution in [-0.2, 0) is 4.79 Å². The highest BCUT2D eigenvalue weighted by Crippen LogP contribution is 2.48. The van der Waals surface area contributed by atoms with Gasteiger partial charge in [-0.05, 0) is 30.1 Å². The molecule has 1 nitrogen and oxygen atoms in total. The molecular formula is C12H21BrO. The summed E-state index contributed by atoms with van der Waals surface area (Å²) in [6.07, 6.45) is 3.34. The lowest BCUT2D eigenvalue weighted by Crippen LogP contribution is -2.37. The van der Waals surface area contributed by atoms with Crippen LogP contribution in [0.3, 0.4) is 0 Å². The lowest BCUT2D eigenvalue weighted by Gasteiger charge is -2.44. The molecule has 1 fully saturated rings. The second kappa shape index (κ2) is 3.96. The molecule has 0 N–H and O–H groups in total. The van der Waals surface area contributed by atoms with Gasteiger partial charge in [0.15, 0.2) is 0 Å². The molecular weight excluding hydrogens is 240 g/mol. The fourth-order valence-electron chi connectivity index (χ4n) is 3.18. The van der Waals surface area contributed by atoms with Crippen LogP contribution in [0.4, 0.5) is 0 Å². The third-order valence-electron chi connectivity index (χ3n) is 3.14. The number of ketones is 1. The van der Waals surface area contributed by atoms with Gasteiger partial charge in [0.2, 0.25) is 0 Å². The molecule has 14 heavy (non-hydrogen) atoms. The Labute approximate surface area is 95.8 Å². The molecule has 1 aliphatic rings. The first kappa shape index (κ1) is 12.2. The van der Waals surface area contributed by atoms with E-state index in [0.717, 1.165) is 12.8 Å². The topological polar surface area (TPSA) is 17.1 Å². The predicted octanol–water partition coefficient (Wildman–Crippen LogP) is 3.80. The van der Waals surface area contributed by atoms with Crippen LogP contribution in [0.25, 0.3) is 0 Å². The van der Waals surface area contributed by atoms with Crippen molar-refractivity contribution >= 4 is 21.7 Å². The van der Waals surface area contributed by atoms with E-state index in [4.69, 9.17) is 0 Å². The maximum atomic E-state index is 11.7. The van der Waals surface area contributed by atoms with E-state index in [1.54, 1.807) is 0 Å². The zero-order valence-corrected chi connectivity index (χ0v) is 11.3. The Hall–Kier alpha value is 0.150. The molecule has 0 spiro atoms. The third-order valence-corrected chi connectivity index (χ3v) is 3.69. The van der Waals surface area contributed by atoms with E-state index in [9.17, 15) is 4.79 Å². The molecule has 0 unspecified atom stereocenters. The SMILES string of the molecule is CC1(C)CC(C(=O)CBr)CC(C)(C)C1. The predicted molar refractivity (Wildman–Crippen MR) is 63.7 cm³/mol. The Morgan fingerprint density at radius 3 is 2.00 bits per heavy atom. The number of hydrogen-bond donors (Lipinski definition) is 0. The average molecular weight is 261 g/mol. The molecule has 0 saturated heterocycles. The highest BCUT2D eigenvalue weighted by atomic mass is 79.9. The number of hydrogen-bond acceptors (Lipinski definition) is 1. The summed E-state index contributed by atoms with van der Waals surface area (Å²) in [5, 5.41) is 0.518. The Morgan fingerprint density at radius 2 is 1.64 bits per heavy atom. The number of halogens is 1. The minimum Gasteiger partial charge on any atom is -0.298 e. The monoisotopic (exact) mass is 260 g/mol. The van der Waals surface area contributed by atoms with Gasteiger partial charge in [0.05, 0.1) is 5.33 Å². The first-order valence-electron chi connectivity index (χ1n) is 5.34. The van der Waals surface area contributed by atoms with Gasteiger partial charge in [-0.25, -0.2) is 0 Å². The first-order valence-corrected chi connectivity index (χ1v) is 6.47. The quantitative estimate of drug-likeness (QED) is 0.691. The minimum absolute atomic E-state index is 0.271. The van der Waals surface area contributed by atoms with E-state index in [1.807, 2.05) is 0 Å². The largest absolute Gasteiger partial charge is 0.298 e. The zero-order valence-electron chi connectivity index (χ0n) is 9.69. The van der Waals surface area contributed by atoms with Crippen LogP contribution in [-0.4, -0.2) is 11.1 Å². The molecule has 0 amide bonds. The number of carbonyl (C=O) groups is 1. The van der Waals surface area contributed by atoms with Gasteiger partial charge in [-0.1, -0.05) is 43.6 Å². The van der Waals surface area contributed by atoms with Gasteiger partial charge in [-0.15, -0.1) is 0 Å². The standard InChI is InChI=1S/C12H21BrO/c1-11(2)5-9(10(14)7-13)6-12(3,4)8-11/h9H,5-8H2,1-4H3. The van der Waals surface area contributed by atoms with E-state index in [0.29, 0.717) is 21.9 Å². The number of carbonyl (C=O) groups excluding carboxylic acids is 1. The summed E-state index contributed by atoms with van der Waals surface area (Å²) in [4.78, 5) is 11.7. The van der Waals surface area contributed by atoms with Gasteiger partial charge in [0.25, 0.3) is 0 Å². The maximum absolute atomic E-state index is 11.7. The fourth-order valence-corrected chi connectivity index (χ4v) is 3.64. The smallest absolute Gasteiger partial charge is 0.146 e. The Bertz CT molecular complexity index is 214. The van der Waals surface area contributed by atoms with Crippen molar-refractivity contribution in [2.75, 3.05) is 5.33 Å². The Balaban J connectivity index is 2.76. The number of Topliss-reactive ketones (excluding diaryl/α,β-unsaturated/α-hetero) is 1. The van der Waals surface area contributed by atoms with E-state index in [1.165, 1.54) is 6.42 Å². The van der Waals surface area contributed by atoms with Gasteiger partial charge in [-0.3, -0.25) is 4.79 Å². The second-order valence-electron chi connectivity index (χ2n) is 6.21. The zero-order chi connectivity index (χ0) is 11.0. The summed E-state index contributed by atoms with van der Waals surface area (Å²) < 4.78 is 0. The van der Waals surface area contributed by atoms with Crippen LogP contribution in [0, 0.1) is 16.7 Å². The molecule has 0 aliphatic heterocycles. The lowest BCUT2D eigenvalue weighted by atomic mass is 9.61. The van der Waals surface area contributed by atoms with Crippen LogP contribution in [0.15, 0.2) is 0 Å². The minimum atomic E-state index is 0.271. The van der Waals surface area contributed by atoms with Crippen LogP contribution in [0.5, 0.6) is 0 Å². The van der Waals surface area contributed by atoms with Gasteiger partial charge in [-0.2, -0.15) is 0 Å². The van der Waals surface area contributed by atoms with Crippen molar-refractivity contribution in [3.05, 3.63) is 0 Å². The fraction of sp³-hybridized carbons (Fsp3) is 0.917. The molecule has 82 valence electrons. The number of alkyl halides is 1. The normalized spacial score (nSPS) is 26.1. The van der Waals surface area contributed by atoms with Crippen molar-refractivity contribution < 1.29 is 4.79 Å². The van der Waals surface area contributed by atoms with E-state index in [-0.39, 0.29) is 5.92 Å². The van der Waals surface area contributed by atoms with Crippen molar-refractivity contribution in [2.24, 2.45) is 16.7 Å². The van der Waals surface area contributed by atoms with Crippen molar-refractivity contribution in [1.82, 2.24) is 0 Å². The Kier molecular flexibility index (Phi) is 3.45. The molecule has 0 heterocycles. The van der Waals surface area contributed by atoms with Gasteiger partial charge >= 0.3 is 0 Å². The summed E-state index contributed by atoms with van der Waals surface area (Å²) in [6.45, 7) is 9.12. The van der Waals surface area contributed by atoms with E-state index >= 15 is 0 Å². The highest BCUT2D eigenvalue weighted by molar-refractivity contribution is 9.09. The summed E-state index contributed by atoms with van der Waals surface area (Å²) in [7, 11) is 0. The van der Waals surface area contributed by atoms with Crippen LogP contribution in [0.2, 0.25) is 0 Å². The molecule has 0 aromatic heterocycles. The summed E-state index contributed by atoms with van der Waals surface area (Å²) in [6, 6.07) is 0. The molecule has 1 aliphatic carbocycles. The molecule has 0 bridgehead atoms. The summed E-state index contributed by atoms with van der Waals surface area (Å²) in [5.74, 6) is 0.652. The second-order valence-corrected chi connectivity index (χ2v) is 6.77. The van der Waals surface area contributed by atoms with Crippen LogP contribution >= 0.6 is 15.9 Å². The molecule has 2 heteroatoms.